The molecule has 0 aliphatic carbocycles. The molecular weight excluding hydrogens is 332 g/mol. The summed E-state index contributed by atoms with van der Waals surface area (Å²) in [5, 5.41) is 2.89. The lowest BCUT2D eigenvalue weighted by Gasteiger charge is -2.20. The van der Waals surface area contributed by atoms with Crippen molar-refractivity contribution in [1.29, 1.82) is 0 Å². The van der Waals surface area contributed by atoms with Gasteiger partial charge in [-0.05, 0) is 50.6 Å². The molecule has 1 aromatic heterocycles. The number of nitrogens with two attached hydrogens (primary N) is 1. The molecule has 0 saturated heterocycles. The summed E-state index contributed by atoms with van der Waals surface area (Å²) in [5.74, 6) is 0. The Balaban J connectivity index is 2.15. The minimum absolute atomic E-state index is 0.515. The molecule has 0 fully saturated rings. The summed E-state index contributed by atoms with van der Waals surface area (Å²) >= 11 is 11.4. The lowest BCUT2D eigenvalue weighted by Crippen LogP contribution is -2.16. The van der Waals surface area contributed by atoms with Gasteiger partial charge in [0.1, 0.15) is 0 Å². The number of anilines is 1. The van der Waals surface area contributed by atoms with Crippen LogP contribution in [0.15, 0.2) is 33.4 Å². The van der Waals surface area contributed by atoms with Crippen LogP contribution in [0.1, 0.15) is 11.1 Å². The molecule has 0 radical (unpaired) electrons. The van der Waals surface area contributed by atoms with Crippen molar-refractivity contribution in [3.8, 4) is 0 Å². The van der Waals surface area contributed by atoms with E-state index in [-0.39, 0.29) is 0 Å². The average molecular weight is 346 g/mol. The van der Waals surface area contributed by atoms with E-state index in [1.54, 1.807) is 11.3 Å². The van der Waals surface area contributed by atoms with E-state index in [1.165, 1.54) is 5.56 Å². The van der Waals surface area contributed by atoms with Crippen LogP contribution in [0.25, 0.3) is 0 Å². The second-order valence-corrected chi connectivity index (χ2v) is 6.80. The molecule has 96 valence electrons. The molecule has 0 aliphatic rings. The first-order valence-electron chi connectivity index (χ1n) is 5.52. The smallest absolute Gasteiger partial charge is 0.0701 e. The standard InChI is InChI=1S/C13H14BrClN2S/c1-17(7-10-5-13(14)18-8-10)12-3-2-9(6-16)4-11(12)15/h2-5,8H,6-7,16H2,1H3. The fourth-order valence-corrected chi connectivity index (χ4v) is 3.32. The van der Waals surface area contributed by atoms with E-state index in [0.717, 1.165) is 26.6 Å². The Bertz CT molecular complexity index is 542. The third-order valence-corrected chi connectivity index (χ3v) is 4.56. The van der Waals surface area contributed by atoms with E-state index < -0.39 is 0 Å². The number of benzene rings is 1. The number of rotatable bonds is 4. The topological polar surface area (TPSA) is 29.3 Å². The summed E-state index contributed by atoms with van der Waals surface area (Å²) in [7, 11) is 2.04. The molecule has 0 aliphatic heterocycles. The zero-order valence-corrected chi connectivity index (χ0v) is 13.1. The number of hydrogen-bond donors (Lipinski definition) is 1. The molecular formula is C13H14BrClN2S. The maximum atomic E-state index is 6.27. The molecule has 1 heterocycles. The fraction of sp³-hybridized carbons (Fsp3) is 0.231. The Kier molecular flexibility index (Phi) is 4.67. The van der Waals surface area contributed by atoms with Crippen LogP contribution in [0, 0.1) is 0 Å². The van der Waals surface area contributed by atoms with Gasteiger partial charge in [-0.25, -0.2) is 0 Å². The molecule has 0 spiro atoms. The van der Waals surface area contributed by atoms with Crippen LogP contribution < -0.4 is 10.6 Å². The highest BCUT2D eigenvalue weighted by Gasteiger charge is 2.08. The first-order chi connectivity index (χ1) is 8.60. The van der Waals surface area contributed by atoms with Gasteiger partial charge in [-0.1, -0.05) is 17.7 Å². The zero-order chi connectivity index (χ0) is 13.1. The summed E-state index contributed by atoms with van der Waals surface area (Å²) in [4.78, 5) is 2.14. The van der Waals surface area contributed by atoms with Crippen molar-refractivity contribution in [3.63, 3.8) is 0 Å². The largest absolute Gasteiger partial charge is 0.369 e. The average Bonchev–Trinajstić information content (AvgIpc) is 2.74. The Morgan fingerprint density at radius 1 is 1.33 bits per heavy atom. The Hall–Kier alpha value is -0.550. The Morgan fingerprint density at radius 2 is 2.11 bits per heavy atom. The van der Waals surface area contributed by atoms with Crippen LogP contribution in [0.3, 0.4) is 0 Å². The Labute approximate surface area is 124 Å². The predicted octanol–water partition coefficient (Wildman–Crippen LogP) is 4.26. The van der Waals surface area contributed by atoms with E-state index in [0.29, 0.717) is 6.54 Å². The number of thiophene rings is 1. The SMILES string of the molecule is CN(Cc1csc(Br)c1)c1ccc(CN)cc1Cl. The van der Waals surface area contributed by atoms with Crippen molar-refractivity contribution in [2.24, 2.45) is 5.73 Å². The van der Waals surface area contributed by atoms with Crippen molar-refractivity contribution in [3.05, 3.63) is 49.6 Å². The van der Waals surface area contributed by atoms with Crippen molar-refractivity contribution in [2.45, 2.75) is 13.1 Å². The summed E-state index contributed by atoms with van der Waals surface area (Å²) in [6.07, 6.45) is 0. The van der Waals surface area contributed by atoms with Gasteiger partial charge in [0.25, 0.3) is 0 Å². The van der Waals surface area contributed by atoms with Gasteiger partial charge in [-0.2, -0.15) is 0 Å². The van der Waals surface area contributed by atoms with Crippen LogP contribution in [0.4, 0.5) is 5.69 Å². The minimum atomic E-state index is 0.515. The molecule has 2 N–H and O–H groups in total. The number of nitrogens with zero attached hydrogens (tertiary/aromatic N) is 1. The van der Waals surface area contributed by atoms with Crippen LogP contribution in [-0.2, 0) is 13.1 Å². The summed E-state index contributed by atoms with van der Waals surface area (Å²) in [5.41, 5.74) is 8.94. The van der Waals surface area contributed by atoms with Crippen LogP contribution in [0.2, 0.25) is 5.02 Å². The number of hydrogen-bond acceptors (Lipinski definition) is 3. The Morgan fingerprint density at radius 3 is 2.67 bits per heavy atom. The van der Waals surface area contributed by atoms with E-state index in [4.69, 9.17) is 17.3 Å². The highest BCUT2D eigenvalue weighted by Crippen LogP contribution is 2.28. The van der Waals surface area contributed by atoms with E-state index in [9.17, 15) is 0 Å². The second kappa shape index (κ2) is 6.06. The quantitative estimate of drug-likeness (QED) is 0.897. The van der Waals surface area contributed by atoms with Gasteiger partial charge >= 0.3 is 0 Å². The highest BCUT2D eigenvalue weighted by atomic mass is 79.9. The molecule has 2 rings (SSSR count). The molecule has 0 saturated carbocycles. The second-order valence-electron chi connectivity index (χ2n) is 4.11. The lowest BCUT2D eigenvalue weighted by atomic mass is 10.2. The van der Waals surface area contributed by atoms with Gasteiger partial charge in [0.05, 0.1) is 14.5 Å². The van der Waals surface area contributed by atoms with E-state index >= 15 is 0 Å². The molecule has 0 atom stereocenters. The molecule has 18 heavy (non-hydrogen) atoms. The van der Waals surface area contributed by atoms with Crippen molar-refractivity contribution < 1.29 is 0 Å². The van der Waals surface area contributed by atoms with Gasteiger partial charge < -0.3 is 10.6 Å². The third kappa shape index (κ3) is 3.26. The summed E-state index contributed by atoms with van der Waals surface area (Å²) in [6.45, 7) is 1.35. The van der Waals surface area contributed by atoms with Crippen molar-refractivity contribution >= 4 is 44.6 Å². The van der Waals surface area contributed by atoms with Gasteiger partial charge in [-0.15, -0.1) is 11.3 Å². The van der Waals surface area contributed by atoms with Crippen LogP contribution in [-0.4, -0.2) is 7.05 Å². The zero-order valence-electron chi connectivity index (χ0n) is 9.99. The fourth-order valence-electron chi connectivity index (χ4n) is 1.77. The normalized spacial score (nSPS) is 10.7. The summed E-state index contributed by atoms with van der Waals surface area (Å²) < 4.78 is 1.15. The minimum Gasteiger partial charge on any atom is -0.369 e. The first-order valence-corrected chi connectivity index (χ1v) is 7.57. The van der Waals surface area contributed by atoms with Gasteiger partial charge in [-0.3, -0.25) is 0 Å². The molecule has 2 nitrogen and oxygen atoms in total. The van der Waals surface area contributed by atoms with E-state index in [1.807, 2.05) is 25.2 Å². The molecule has 0 unspecified atom stereocenters. The maximum Gasteiger partial charge on any atom is 0.0701 e. The molecule has 1 aromatic carbocycles. The third-order valence-electron chi connectivity index (χ3n) is 2.70. The predicted molar refractivity (Wildman–Crippen MR) is 83.5 cm³/mol. The molecule has 2 aromatic rings. The lowest BCUT2D eigenvalue weighted by molar-refractivity contribution is 0.925. The van der Waals surface area contributed by atoms with E-state index in [2.05, 4.69) is 32.3 Å². The van der Waals surface area contributed by atoms with Crippen LogP contribution >= 0.6 is 38.9 Å². The molecule has 0 amide bonds. The maximum absolute atomic E-state index is 6.27. The summed E-state index contributed by atoms with van der Waals surface area (Å²) in [6, 6.07) is 8.09. The monoisotopic (exact) mass is 344 g/mol. The van der Waals surface area contributed by atoms with Gasteiger partial charge in [0.2, 0.25) is 0 Å². The highest BCUT2D eigenvalue weighted by molar-refractivity contribution is 9.11. The van der Waals surface area contributed by atoms with Crippen molar-refractivity contribution in [1.82, 2.24) is 0 Å². The van der Waals surface area contributed by atoms with Gasteiger partial charge in [0.15, 0.2) is 0 Å². The van der Waals surface area contributed by atoms with Crippen molar-refractivity contribution in [2.75, 3.05) is 11.9 Å². The molecule has 5 heteroatoms. The first kappa shape index (κ1) is 13.9. The van der Waals surface area contributed by atoms with Crippen LogP contribution in [0.5, 0.6) is 0 Å². The molecule has 0 bridgehead atoms. The van der Waals surface area contributed by atoms with Gasteiger partial charge in [0, 0.05) is 20.1 Å². The number of halogens is 2.